The van der Waals surface area contributed by atoms with Crippen molar-refractivity contribution in [2.75, 3.05) is 6.54 Å². The fraction of sp³-hybridized carbons (Fsp3) is 0.714. The van der Waals surface area contributed by atoms with Crippen molar-refractivity contribution < 1.29 is 14.3 Å². The number of nitrogens with one attached hydrogen (secondary N) is 1. The number of carbonyl (C=O) groups is 2. The van der Waals surface area contributed by atoms with Gasteiger partial charge < -0.3 is 10.1 Å². The SMILES string of the molecule is CC(C)(C)OC(=O)NCC(=O)N=O. The highest BCUT2D eigenvalue weighted by molar-refractivity contribution is 5.82. The second-order valence-corrected chi connectivity index (χ2v) is 3.34. The minimum Gasteiger partial charge on any atom is -0.444 e. The van der Waals surface area contributed by atoms with Crippen LogP contribution in [-0.2, 0) is 9.53 Å². The van der Waals surface area contributed by atoms with Crippen LogP contribution in [0.25, 0.3) is 0 Å². The van der Waals surface area contributed by atoms with E-state index < -0.39 is 24.1 Å². The van der Waals surface area contributed by atoms with Gasteiger partial charge in [-0.25, -0.2) is 4.79 Å². The molecule has 0 bridgehead atoms. The molecule has 0 fully saturated rings. The zero-order valence-electron chi connectivity index (χ0n) is 7.79. The lowest BCUT2D eigenvalue weighted by atomic mass is 10.2. The minimum atomic E-state index is -0.939. The van der Waals surface area contributed by atoms with Crippen molar-refractivity contribution in [3.8, 4) is 0 Å². The molecular formula is C7H12N2O4. The van der Waals surface area contributed by atoms with E-state index >= 15 is 0 Å². The fourth-order valence-corrected chi connectivity index (χ4v) is 0.494. The summed E-state index contributed by atoms with van der Waals surface area (Å²) in [7, 11) is 0. The molecule has 74 valence electrons. The monoisotopic (exact) mass is 188 g/mol. The highest BCUT2D eigenvalue weighted by Gasteiger charge is 2.16. The van der Waals surface area contributed by atoms with Crippen molar-refractivity contribution in [1.82, 2.24) is 5.32 Å². The molecule has 13 heavy (non-hydrogen) atoms. The van der Waals surface area contributed by atoms with Gasteiger partial charge in [-0.1, -0.05) is 0 Å². The largest absolute Gasteiger partial charge is 0.444 e. The summed E-state index contributed by atoms with van der Waals surface area (Å²) in [5.41, 5.74) is -0.623. The van der Waals surface area contributed by atoms with Crippen LogP contribution in [0.15, 0.2) is 5.18 Å². The summed E-state index contributed by atoms with van der Waals surface area (Å²) in [6.45, 7) is 4.63. The van der Waals surface area contributed by atoms with E-state index in [-0.39, 0.29) is 0 Å². The zero-order valence-corrected chi connectivity index (χ0v) is 7.79. The van der Waals surface area contributed by atoms with Crippen LogP contribution in [0, 0.1) is 4.91 Å². The molecule has 0 saturated heterocycles. The van der Waals surface area contributed by atoms with Gasteiger partial charge in [-0.05, 0) is 20.8 Å². The standard InChI is InChI=1S/C7H12N2O4/c1-7(2,3)13-6(11)8-4-5(10)9-12/h4H2,1-3H3,(H,8,11). The Morgan fingerprint density at radius 1 is 1.38 bits per heavy atom. The number of ether oxygens (including phenoxy) is 1. The van der Waals surface area contributed by atoms with E-state index in [0.29, 0.717) is 0 Å². The van der Waals surface area contributed by atoms with Crippen molar-refractivity contribution in [2.45, 2.75) is 26.4 Å². The van der Waals surface area contributed by atoms with Gasteiger partial charge in [0.2, 0.25) is 0 Å². The van der Waals surface area contributed by atoms with E-state index in [1.165, 1.54) is 0 Å². The third-order valence-corrected chi connectivity index (χ3v) is 0.885. The van der Waals surface area contributed by atoms with Gasteiger partial charge in [-0.2, -0.15) is 0 Å². The van der Waals surface area contributed by atoms with E-state index in [2.05, 4.69) is 10.5 Å². The molecule has 0 aliphatic heterocycles. The molecule has 0 heterocycles. The van der Waals surface area contributed by atoms with Gasteiger partial charge >= 0.3 is 12.0 Å². The number of nitrogens with zero attached hydrogens (tertiary/aromatic N) is 1. The van der Waals surface area contributed by atoms with Crippen LogP contribution in [0.1, 0.15) is 20.8 Å². The van der Waals surface area contributed by atoms with Gasteiger partial charge in [0, 0.05) is 5.18 Å². The molecule has 6 heteroatoms. The molecule has 0 aliphatic rings. The Balaban J connectivity index is 3.77. The Morgan fingerprint density at radius 2 is 1.92 bits per heavy atom. The van der Waals surface area contributed by atoms with Gasteiger partial charge in [0.05, 0.1) is 0 Å². The molecule has 0 spiro atoms. The number of rotatable bonds is 2. The number of hydrogen-bond acceptors (Lipinski definition) is 4. The molecule has 0 unspecified atom stereocenters. The number of hydrogen-bond donors (Lipinski definition) is 1. The number of amides is 2. The first-order valence-electron chi connectivity index (χ1n) is 3.68. The molecule has 0 radical (unpaired) electrons. The highest BCUT2D eigenvalue weighted by Crippen LogP contribution is 2.05. The van der Waals surface area contributed by atoms with E-state index in [0.717, 1.165) is 0 Å². The maximum atomic E-state index is 10.8. The second-order valence-electron chi connectivity index (χ2n) is 3.34. The number of carbonyl (C=O) groups excluding carboxylic acids is 2. The van der Waals surface area contributed by atoms with Crippen molar-refractivity contribution in [1.29, 1.82) is 0 Å². The summed E-state index contributed by atoms with van der Waals surface area (Å²) in [6, 6.07) is 0. The molecule has 1 N–H and O–H groups in total. The van der Waals surface area contributed by atoms with Gasteiger partial charge in [0.25, 0.3) is 0 Å². The molecule has 0 rings (SSSR count). The van der Waals surface area contributed by atoms with Crippen LogP contribution >= 0.6 is 0 Å². The van der Waals surface area contributed by atoms with Crippen LogP contribution in [-0.4, -0.2) is 24.1 Å². The van der Waals surface area contributed by atoms with Crippen LogP contribution in [0.4, 0.5) is 4.79 Å². The van der Waals surface area contributed by atoms with E-state index in [9.17, 15) is 14.5 Å². The quantitative estimate of drug-likeness (QED) is 0.649. The van der Waals surface area contributed by atoms with Crippen molar-refractivity contribution in [2.24, 2.45) is 5.18 Å². The predicted octanol–water partition coefficient (Wildman–Crippen LogP) is 0.804. The Labute approximate surface area is 75.6 Å². The molecule has 6 nitrogen and oxygen atoms in total. The normalized spacial score (nSPS) is 10.4. The smallest absolute Gasteiger partial charge is 0.408 e. The molecule has 0 aliphatic carbocycles. The van der Waals surface area contributed by atoms with Crippen molar-refractivity contribution >= 4 is 12.0 Å². The van der Waals surface area contributed by atoms with Gasteiger partial charge in [-0.15, -0.1) is 4.91 Å². The molecule has 0 aromatic heterocycles. The Bertz CT molecular complexity index is 219. The number of nitroso groups, excluding NO2 is 1. The first-order valence-corrected chi connectivity index (χ1v) is 3.68. The molecule has 0 aromatic carbocycles. The van der Waals surface area contributed by atoms with Crippen molar-refractivity contribution in [3.05, 3.63) is 4.91 Å². The predicted molar refractivity (Wildman–Crippen MR) is 45.0 cm³/mol. The summed E-state index contributed by atoms with van der Waals surface area (Å²) < 4.78 is 4.79. The summed E-state index contributed by atoms with van der Waals surface area (Å²) >= 11 is 0. The molecule has 0 saturated carbocycles. The lowest BCUT2D eigenvalue weighted by Gasteiger charge is -2.19. The van der Waals surface area contributed by atoms with Gasteiger partial charge in [0.15, 0.2) is 0 Å². The summed E-state index contributed by atoms with van der Waals surface area (Å²) in [4.78, 5) is 30.8. The average Bonchev–Trinajstić information content (AvgIpc) is 1.97. The lowest BCUT2D eigenvalue weighted by Crippen LogP contribution is -2.35. The Hall–Kier alpha value is -1.46. The topological polar surface area (TPSA) is 84.8 Å². The van der Waals surface area contributed by atoms with Crippen LogP contribution in [0.5, 0.6) is 0 Å². The van der Waals surface area contributed by atoms with Crippen LogP contribution in [0.2, 0.25) is 0 Å². The van der Waals surface area contributed by atoms with E-state index in [1.54, 1.807) is 20.8 Å². The molecular weight excluding hydrogens is 176 g/mol. The maximum absolute atomic E-state index is 10.8. The van der Waals surface area contributed by atoms with Gasteiger partial charge in [0.1, 0.15) is 12.1 Å². The Morgan fingerprint density at radius 3 is 2.31 bits per heavy atom. The third kappa shape index (κ3) is 6.92. The summed E-state index contributed by atoms with van der Waals surface area (Å²) in [5, 5.41) is 4.18. The fourth-order valence-electron chi connectivity index (χ4n) is 0.494. The first kappa shape index (κ1) is 11.5. The van der Waals surface area contributed by atoms with E-state index in [4.69, 9.17) is 4.74 Å². The summed E-state index contributed by atoms with van der Waals surface area (Å²) in [5.74, 6) is -0.939. The first-order chi connectivity index (χ1) is 5.85. The highest BCUT2D eigenvalue weighted by atomic mass is 16.6. The Kier molecular flexibility index (Phi) is 4.03. The van der Waals surface area contributed by atoms with Crippen LogP contribution in [0.3, 0.4) is 0 Å². The second kappa shape index (κ2) is 4.54. The summed E-state index contributed by atoms with van der Waals surface area (Å²) in [6.07, 6.45) is -0.746. The zero-order chi connectivity index (χ0) is 10.5. The number of alkyl carbamates (subject to hydrolysis) is 1. The maximum Gasteiger partial charge on any atom is 0.408 e. The van der Waals surface area contributed by atoms with E-state index in [1.807, 2.05) is 0 Å². The molecule has 0 atom stereocenters. The molecule has 0 aromatic rings. The third-order valence-electron chi connectivity index (χ3n) is 0.885. The average molecular weight is 188 g/mol. The molecule has 2 amide bonds. The lowest BCUT2D eigenvalue weighted by molar-refractivity contribution is -0.117. The van der Waals surface area contributed by atoms with Gasteiger partial charge in [-0.3, -0.25) is 4.79 Å². The minimum absolute atomic E-state index is 0.432. The van der Waals surface area contributed by atoms with Crippen molar-refractivity contribution in [3.63, 3.8) is 0 Å². The van der Waals surface area contributed by atoms with Crippen LogP contribution < -0.4 is 5.32 Å².